The van der Waals surface area contributed by atoms with Crippen LogP contribution in [0.25, 0.3) is 10.9 Å². The highest BCUT2D eigenvalue weighted by molar-refractivity contribution is 7.80. The van der Waals surface area contributed by atoms with Crippen molar-refractivity contribution in [3.63, 3.8) is 0 Å². The first-order valence-electron chi connectivity index (χ1n) is 5.79. The lowest BCUT2D eigenvalue weighted by molar-refractivity contribution is -0.117. The van der Waals surface area contributed by atoms with Crippen LogP contribution in [0.1, 0.15) is 12.0 Å². The molecule has 0 atom stereocenters. The van der Waals surface area contributed by atoms with Crippen LogP contribution in [0, 0.1) is 0 Å². The first-order chi connectivity index (χ1) is 9.08. The summed E-state index contributed by atoms with van der Waals surface area (Å²) in [4.78, 5) is 15.5. The molecule has 5 N–H and O–H groups in total. The van der Waals surface area contributed by atoms with Crippen LogP contribution < -0.4 is 16.8 Å². The molecule has 0 aliphatic rings. The van der Waals surface area contributed by atoms with E-state index in [0.29, 0.717) is 17.9 Å². The zero-order valence-corrected chi connectivity index (χ0v) is 11.0. The molecule has 1 aromatic carbocycles. The average Bonchev–Trinajstić information content (AvgIpc) is 2.37. The number of hydrogen-bond donors (Lipinski definition) is 3. The predicted molar refractivity (Wildman–Crippen MR) is 79.9 cm³/mol. The lowest BCUT2D eigenvalue weighted by atomic mass is 10.1. The summed E-state index contributed by atoms with van der Waals surface area (Å²) >= 11 is 5.02. The van der Waals surface area contributed by atoms with Gasteiger partial charge < -0.3 is 16.8 Å². The van der Waals surface area contributed by atoms with E-state index >= 15 is 0 Å². The number of aromatic nitrogens is 1. The van der Waals surface area contributed by atoms with Crippen molar-refractivity contribution in [1.82, 2.24) is 4.98 Å². The molecule has 0 aliphatic heterocycles. The number of benzene rings is 1. The molecule has 2 aromatic rings. The summed E-state index contributed by atoms with van der Waals surface area (Å²) in [6, 6.07) is 9.56. The van der Waals surface area contributed by atoms with Gasteiger partial charge in [-0.2, -0.15) is 0 Å². The lowest BCUT2D eigenvalue weighted by Gasteiger charge is -2.11. The number of amides is 1. The fourth-order valence-electron chi connectivity index (χ4n) is 1.74. The lowest BCUT2D eigenvalue weighted by Crippen LogP contribution is -2.19. The third-order valence-corrected chi connectivity index (χ3v) is 2.87. The number of pyridine rings is 1. The minimum atomic E-state index is -0.370. The summed E-state index contributed by atoms with van der Waals surface area (Å²) in [5, 5.41) is 4.00. The fraction of sp³-hybridized carbons (Fsp3) is 0.154. The minimum absolute atomic E-state index is 0.227. The van der Waals surface area contributed by atoms with E-state index in [2.05, 4.69) is 10.3 Å². The van der Waals surface area contributed by atoms with E-state index in [9.17, 15) is 4.79 Å². The number of nitrogens with two attached hydrogens (primary N) is 2. The Labute approximate surface area is 116 Å². The third kappa shape index (κ3) is 3.17. The van der Waals surface area contributed by atoms with Crippen molar-refractivity contribution < 1.29 is 4.79 Å². The standard InChI is InChI=1S/C13H14N4OS/c14-11(18)5-6-16-13-9(12(15)19)7-8-3-1-2-4-10(8)17-13/h1-4,7H,5-6H2,(H2,14,18)(H2,15,19)(H,16,17). The number of hydrogen-bond acceptors (Lipinski definition) is 4. The quantitative estimate of drug-likeness (QED) is 0.711. The van der Waals surface area contributed by atoms with Crippen LogP contribution in [-0.4, -0.2) is 22.4 Å². The van der Waals surface area contributed by atoms with Gasteiger partial charge in [0.15, 0.2) is 0 Å². The second-order valence-electron chi connectivity index (χ2n) is 4.08. The topological polar surface area (TPSA) is 94.0 Å². The van der Waals surface area contributed by atoms with Crippen LogP contribution in [0.3, 0.4) is 0 Å². The van der Waals surface area contributed by atoms with Gasteiger partial charge in [0.1, 0.15) is 10.8 Å². The molecule has 2 rings (SSSR count). The molecule has 1 amide bonds. The molecule has 0 bridgehead atoms. The van der Waals surface area contributed by atoms with Crippen molar-refractivity contribution in [3.8, 4) is 0 Å². The van der Waals surface area contributed by atoms with Crippen molar-refractivity contribution in [2.24, 2.45) is 11.5 Å². The Morgan fingerprint density at radius 3 is 2.74 bits per heavy atom. The highest BCUT2D eigenvalue weighted by Gasteiger charge is 2.09. The van der Waals surface area contributed by atoms with Crippen LogP contribution in [-0.2, 0) is 4.79 Å². The Morgan fingerprint density at radius 2 is 2.05 bits per heavy atom. The Kier molecular flexibility index (Phi) is 3.91. The van der Waals surface area contributed by atoms with Gasteiger partial charge in [-0.25, -0.2) is 4.98 Å². The number of thiocarbonyl (C=S) groups is 1. The molecule has 0 aliphatic carbocycles. The minimum Gasteiger partial charge on any atom is -0.389 e. The monoisotopic (exact) mass is 274 g/mol. The second kappa shape index (κ2) is 5.62. The fourth-order valence-corrected chi connectivity index (χ4v) is 1.90. The molecule has 6 heteroatoms. The largest absolute Gasteiger partial charge is 0.389 e. The number of para-hydroxylation sites is 1. The number of fused-ring (bicyclic) bond motifs is 1. The Bertz CT molecular complexity index is 642. The molecule has 0 saturated heterocycles. The van der Waals surface area contributed by atoms with E-state index in [0.717, 1.165) is 10.9 Å². The summed E-state index contributed by atoms with van der Waals surface area (Å²) in [6.07, 6.45) is 0.227. The number of carbonyl (C=O) groups is 1. The number of nitrogens with zero attached hydrogens (tertiary/aromatic N) is 1. The molecule has 1 aromatic heterocycles. The van der Waals surface area contributed by atoms with Gasteiger partial charge in [0.25, 0.3) is 0 Å². The van der Waals surface area contributed by atoms with Crippen molar-refractivity contribution >= 4 is 39.8 Å². The maximum Gasteiger partial charge on any atom is 0.219 e. The zero-order chi connectivity index (χ0) is 13.8. The average molecular weight is 274 g/mol. The van der Waals surface area contributed by atoms with Crippen LogP contribution in [0.4, 0.5) is 5.82 Å². The normalized spacial score (nSPS) is 10.3. The van der Waals surface area contributed by atoms with Crippen LogP contribution in [0.2, 0.25) is 0 Å². The molecular formula is C13H14N4OS. The van der Waals surface area contributed by atoms with Gasteiger partial charge in [-0.3, -0.25) is 4.79 Å². The summed E-state index contributed by atoms with van der Waals surface area (Å²) in [7, 11) is 0. The molecule has 1 heterocycles. The van der Waals surface area contributed by atoms with E-state index in [1.807, 2.05) is 30.3 Å². The second-order valence-corrected chi connectivity index (χ2v) is 4.52. The summed E-state index contributed by atoms with van der Waals surface area (Å²) in [5.41, 5.74) is 12.3. The first-order valence-corrected chi connectivity index (χ1v) is 6.20. The molecular weight excluding hydrogens is 260 g/mol. The highest BCUT2D eigenvalue weighted by atomic mass is 32.1. The number of anilines is 1. The van der Waals surface area contributed by atoms with E-state index in [1.54, 1.807) is 0 Å². The molecule has 0 saturated carbocycles. The number of rotatable bonds is 5. The van der Waals surface area contributed by atoms with Crippen LogP contribution in [0.15, 0.2) is 30.3 Å². The Hall–Kier alpha value is -2.21. The van der Waals surface area contributed by atoms with E-state index in [-0.39, 0.29) is 17.3 Å². The Balaban J connectivity index is 2.36. The first kappa shape index (κ1) is 13.2. The van der Waals surface area contributed by atoms with Gasteiger partial charge >= 0.3 is 0 Å². The van der Waals surface area contributed by atoms with Gasteiger partial charge in [0.2, 0.25) is 5.91 Å². The smallest absolute Gasteiger partial charge is 0.219 e. The van der Waals surface area contributed by atoms with Gasteiger partial charge in [0.05, 0.1) is 11.1 Å². The predicted octanol–water partition coefficient (Wildman–Crippen LogP) is 1.16. The van der Waals surface area contributed by atoms with Gasteiger partial charge in [0, 0.05) is 18.4 Å². The zero-order valence-electron chi connectivity index (χ0n) is 10.2. The van der Waals surface area contributed by atoms with E-state index < -0.39 is 0 Å². The molecule has 0 unspecified atom stereocenters. The number of primary amides is 1. The molecule has 98 valence electrons. The number of nitrogens with one attached hydrogen (secondary N) is 1. The van der Waals surface area contributed by atoms with Crippen molar-refractivity contribution in [3.05, 3.63) is 35.9 Å². The van der Waals surface area contributed by atoms with Gasteiger partial charge in [-0.15, -0.1) is 0 Å². The van der Waals surface area contributed by atoms with Gasteiger partial charge in [-0.1, -0.05) is 30.4 Å². The SMILES string of the molecule is NC(=O)CCNc1nc2ccccc2cc1C(N)=S. The summed E-state index contributed by atoms with van der Waals surface area (Å²) < 4.78 is 0. The molecule has 0 spiro atoms. The van der Waals surface area contributed by atoms with E-state index in [1.165, 1.54) is 0 Å². The highest BCUT2D eigenvalue weighted by Crippen LogP contribution is 2.20. The molecule has 5 nitrogen and oxygen atoms in total. The third-order valence-electron chi connectivity index (χ3n) is 2.65. The molecule has 0 radical (unpaired) electrons. The summed E-state index contributed by atoms with van der Waals surface area (Å²) in [5.74, 6) is 0.206. The number of carbonyl (C=O) groups excluding carboxylic acids is 1. The van der Waals surface area contributed by atoms with Crippen LogP contribution in [0.5, 0.6) is 0 Å². The van der Waals surface area contributed by atoms with Crippen molar-refractivity contribution in [2.45, 2.75) is 6.42 Å². The van der Waals surface area contributed by atoms with Crippen molar-refractivity contribution in [1.29, 1.82) is 0 Å². The Morgan fingerprint density at radius 1 is 1.32 bits per heavy atom. The maximum absolute atomic E-state index is 10.7. The van der Waals surface area contributed by atoms with Crippen LogP contribution >= 0.6 is 12.2 Å². The molecule has 0 fully saturated rings. The van der Waals surface area contributed by atoms with Gasteiger partial charge in [-0.05, 0) is 12.1 Å². The summed E-state index contributed by atoms with van der Waals surface area (Å²) in [6.45, 7) is 0.399. The maximum atomic E-state index is 10.7. The van der Waals surface area contributed by atoms with Crippen molar-refractivity contribution in [2.75, 3.05) is 11.9 Å². The molecule has 19 heavy (non-hydrogen) atoms. The van der Waals surface area contributed by atoms with E-state index in [4.69, 9.17) is 23.7 Å².